The molecule has 6 nitrogen and oxygen atoms in total. The molecule has 1 N–H and O–H groups in total. The van der Waals surface area contributed by atoms with Gasteiger partial charge in [0.15, 0.2) is 0 Å². The Balaban J connectivity index is 1.92. The Morgan fingerprint density at radius 3 is 2.71 bits per heavy atom. The number of benzene rings is 2. The first-order valence-corrected chi connectivity index (χ1v) is 10.4. The standard InChI is InChI=1S/C20H22FN2O4P/c1-23(28(24,25)26-2)11-3-10-20(17-5-7-18(21)8-6-17)19-9-4-15(13-22)12-16(19)14-27-20/h4-9,12H,3,10-11,14H2,1-2H3,(H,24,25). The zero-order valence-corrected chi connectivity index (χ0v) is 16.7. The van der Waals surface area contributed by atoms with Crippen LogP contribution in [0.5, 0.6) is 0 Å². The van der Waals surface area contributed by atoms with Crippen LogP contribution in [0, 0.1) is 17.1 Å². The lowest BCUT2D eigenvalue weighted by atomic mass is 9.81. The molecule has 2 aromatic carbocycles. The predicted molar refractivity (Wildman–Crippen MR) is 102 cm³/mol. The lowest BCUT2D eigenvalue weighted by Crippen LogP contribution is -2.29. The van der Waals surface area contributed by atoms with Crippen LogP contribution >= 0.6 is 7.75 Å². The fourth-order valence-corrected chi connectivity index (χ4v) is 4.26. The van der Waals surface area contributed by atoms with Gasteiger partial charge in [-0.1, -0.05) is 18.2 Å². The van der Waals surface area contributed by atoms with Crippen LogP contribution in [-0.4, -0.2) is 30.3 Å². The first-order chi connectivity index (χ1) is 13.3. The topological polar surface area (TPSA) is 82.8 Å². The van der Waals surface area contributed by atoms with Crippen LogP contribution in [0.25, 0.3) is 0 Å². The van der Waals surface area contributed by atoms with E-state index in [1.54, 1.807) is 24.3 Å². The smallest absolute Gasteiger partial charge is 0.361 e. The molecule has 0 radical (unpaired) electrons. The van der Waals surface area contributed by atoms with E-state index < -0.39 is 13.3 Å². The normalized spacial score (nSPS) is 20.6. The molecule has 2 aromatic rings. The van der Waals surface area contributed by atoms with Crippen molar-refractivity contribution < 1.29 is 23.1 Å². The Kier molecular flexibility index (Phi) is 5.99. The van der Waals surface area contributed by atoms with E-state index in [2.05, 4.69) is 10.6 Å². The summed E-state index contributed by atoms with van der Waals surface area (Å²) in [5.41, 5.74) is 2.41. The van der Waals surface area contributed by atoms with E-state index in [-0.39, 0.29) is 5.82 Å². The second-order valence-electron chi connectivity index (χ2n) is 6.76. The highest BCUT2D eigenvalue weighted by atomic mass is 31.2. The van der Waals surface area contributed by atoms with Crippen molar-refractivity contribution in [1.29, 1.82) is 5.26 Å². The predicted octanol–water partition coefficient (Wildman–Crippen LogP) is 3.93. The number of hydrogen-bond acceptors (Lipinski definition) is 4. The summed E-state index contributed by atoms with van der Waals surface area (Å²) in [5.74, 6) is -0.335. The maximum atomic E-state index is 13.5. The van der Waals surface area contributed by atoms with E-state index in [1.807, 2.05) is 6.07 Å². The molecule has 0 saturated carbocycles. The molecule has 3 rings (SSSR count). The molecule has 0 bridgehead atoms. The number of rotatable bonds is 7. The van der Waals surface area contributed by atoms with Crippen molar-refractivity contribution in [2.75, 3.05) is 20.7 Å². The number of nitriles is 1. The first-order valence-electron chi connectivity index (χ1n) is 8.86. The summed E-state index contributed by atoms with van der Waals surface area (Å²) < 4.78 is 37.5. The number of ether oxygens (including phenoxy) is 1. The number of fused-ring (bicyclic) bond motifs is 1. The van der Waals surface area contributed by atoms with E-state index in [0.717, 1.165) is 16.7 Å². The molecule has 0 saturated heterocycles. The zero-order chi connectivity index (χ0) is 20.4. The van der Waals surface area contributed by atoms with Crippen LogP contribution in [0.3, 0.4) is 0 Å². The molecule has 0 amide bonds. The summed E-state index contributed by atoms with van der Waals surface area (Å²) in [5, 5.41) is 9.15. The van der Waals surface area contributed by atoms with Gasteiger partial charge in [0.05, 0.1) is 18.2 Å². The minimum Gasteiger partial charge on any atom is -0.361 e. The van der Waals surface area contributed by atoms with Crippen molar-refractivity contribution in [3.05, 3.63) is 70.5 Å². The average molecular weight is 404 g/mol. The molecule has 1 heterocycles. The van der Waals surface area contributed by atoms with E-state index in [4.69, 9.17) is 10.00 Å². The van der Waals surface area contributed by atoms with Crippen molar-refractivity contribution in [1.82, 2.24) is 4.67 Å². The van der Waals surface area contributed by atoms with Crippen molar-refractivity contribution in [2.45, 2.75) is 25.0 Å². The zero-order valence-electron chi connectivity index (χ0n) is 15.8. The summed E-state index contributed by atoms with van der Waals surface area (Å²) in [6.45, 7) is 0.661. The molecular weight excluding hydrogens is 382 g/mol. The van der Waals surface area contributed by atoms with Crippen molar-refractivity contribution in [2.24, 2.45) is 0 Å². The molecule has 0 aromatic heterocycles. The van der Waals surface area contributed by atoms with Gasteiger partial charge in [0.1, 0.15) is 11.4 Å². The molecule has 0 spiro atoms. The molecule has 2 unspecified atom stereocenters. The van der Waals surface area contributed by atoms with E-state index in [1.165, 1.54) is 31.0 Å². The van der Waals surface area contributed by atoms with Crippen LogP contribution < -0.4 is 0 Å². The first kappa shape index (κ1) is 20.7. The fraction of sp³-hybridized carbons (Fsp3) is 0.350. The Morgan fingerprint density at radius 1 is 1.36 bits per heavy atom. The van der Waals surface area contributed by atoms with E-state index in [0.29, 0.717) is 31.6 Å². The summed E-state index contributed by atoms with van der Waals surface area (Å²) >= 11 is 0. The molecule has 8 heteroatoms. The number of halogens is 1. The third kappa shape index (κ3) is 3.88. The van der Waals surface area contributed by atoms with Gasteiger partial charge in [-0.25, -0.2) is 13.6 Å². The molecule has 0 aliphatic carbocycles. The Morgan fingerprint density at radius 2 is 2.07 bits per heavy atom. The maximum Gasteiger partial charge on any atom is 0.405 e. The summed E-state index contributed by atoms with van der Waals surface area (Å²) in [6.07, 6.45) is 1.06. The van der Waals surface area contributed by atoms with Crippen LogP contribution in [0.4, 0.5) is 4.39 Å². The van der Waals surface area contributed by atoms with Gasteiger partial charge in [0, 0.05) is 13.7 Å². The third-order valence-electron chi connectivity index (χ3n) is 5.13. The highest BCUT2D eigenvalue weighted by Gasteiger charge is 2.41. The van der Waals surface area contributed by atoms with Gasteiger partial charge in [-0.15, -0.1) is 0 Å². The third-order valence-corrected chi connectivity index (χ3v) is 6.67. The minimum absolute atomic E-state index is 0.319. The quantitative estimate of drug-likeness (QED) is 0.704. The van der Waals surface area contributed by atoms with Gasteiger partial charge in [0.2, 0.25) is 0 Å². The van der Waals surface area contributed by atoms with Crippen molar-refractivity contribution >= 4 is 7.75 Å². The average Bonchev–Trinajstić information content (AvgIpc) is 3.07. The Bertz CT molecular complexity index is 944. The highest BCUT2D eigenvalue weighted by molar-refractivity contribution is 7.50. The lowest BCUT2D eigenvalue weighted by molar-refractivity contribution is -0.0137. The maximum absolute atomic E-state index is 13.5. The van der Waals surface area contributed by atoms with Gasteiger partial charge >= 0.3 is 7.75 Å². The van der Waals surface area contributed by atoms with Gasteiger partial charge in [-0.05, 0) is 60.8 Å². The SMILES string of the molecule is COP(=O)(O)N(C)CCCC1(c2ccc(F)cc2)OCc2cc(C#N)ccc21. The van der Waals surface area contributed by atoms with Gasteiger partial charge in [-0.3, -0.25) is 0 Å². The highest BCUT2D eigenvalue weighted by Crippen LogP contribution is 2.47. The van der Waals surface area contributed by atoms with Crippen molar-refractivity contribution in [3.8, 4) is 6.07 Å². The van der Waals surface area contributed by atoms with Crippen LogP contribution in [0.15, 0.2) is 42.5 Å². The van der Waals surface area contributed by atoms with E-state index in [9.17, 15) is 13.8 Å². The molecule has 28 heavy (non-hydrogen) atoms. The van der Waals surface area contributed by atoms with Crippen LogP contribution in [0.1, 0.15) is 35.1 Å². The van der Waals surface area contributed by atoms with Crippen LogP contribution in [0.2, 0.25) is 0 Å². The Hall–Kier alpha value is -2.07. The van der Waals surface area contributed by atoms with Gasteiger partial charge in [0.25, 0.3) is 0 Å². The number of hydrogen-bond donors (Lipinski definition) is 1. The summed E-state index contributed by atoms with van der Waals surface area (Å²) in [6, 6.07) is 13.7. The minimum atomic E-state index is -3.80. The summed E-state index contributed by atoms with van der Waals surface area (Å²) in [7, 11) is -1.08. The molecule has 0 fully saturated rings. The monoisotopic (exact) mass is 404 g/mol. The molecule has 2 atom stereocenters. The Labute approximate surface area is 163 Å². The fourth-order valence-electron chi connectivity index (χ4n) is 3.59. The molecule has 1 aliphatic rings. The summed E-state index contributed by atoms with van der Waals surface area (Å²) in [4.78, 5) is 9.77. The number of nitrogens with zero attached hydrogens (tertiary/aromatic N) is 2. The van der Waals surface area contributed by atoms with Crippen LogP contribution in [-0.2, 0) is 26.0 Å². The van der Waals surface area contributed by atoms with Crippen molar-refractivity contribution in [3.63, 3.8) is 0 Å². The second-order valence-corrected chi connectivity index (χ2v) is 8.79. The van der Waals surface area contributed by atoms with Gasteiger partial charge < -0.3 is 14.2 Å². The molecule has 1 aliphatic heterocycles. The van der Waals surface area contributed by atoms with E-state index >= 15 is 0 Å². The van der Waals surface area contributed by atoms with Gasteiger partial charge in [-0.2, -0.15) is 5.26 Å². The molecule has 148 valence electrons. The largest absolute Gasteiger partial charge is 0.405 e. The molecular formula is C20H22FN2O4P. The lowest BCUT2D eigenvalue weighted by Gasteiger charge is -2.31. The second kappa shape index (κ2) is 8.12.